The summed E-state index contributed by atoms with van der Waals surface area (Å²) >= 11 is 5.53. The van der Waals surface area contributed by atoms with Gasteiger partial charge in [-0.15, -0.1) is 0 Å². The summed E-state index contributed by atoms with van der Waals surface area (Å²) in [6.07, 6.45) is -3.89. The number of nitrogens with one attached hydrogen (secondary N) is 2. The minimum atomic E-state index is -4.55. The summed E-state index contributed by atoms with van der Waals surface area (Å²) in [6.45, 7) is 3.01. The normalized spacial score (nSPS) is 22.9. The first-order chi connectivity index (χ1) is 9.22. The maximum atomic E-state index is 12.7. The summed E-state index contributed by atoms with van der Waals surface area (Å²) in [6, 6.07) is 3.35. The molecule has 0 aliphatic carbocycles. The molecule has 0 spiro atoms. The van der Waals surface area contributed by atoms with E-state index in [0.29, 0.717) is 13.0 Å². The van der Waals surface area contributed by atoms with Crippen molar-refractivity contribution >= 4 is 23.2 Å². The highest BCUT2D eigenvalue weighted by molar-refractivity contribution is 6.31. The van der Waals surface area contributed by atoms with Crippen LogP contribution in [0, 0.1) is 5.41 Å². The van der Waals surface area contributed by atoms with Gasteiger partial charge in [-0.3, -0.25) is 4.79 Å². The van der Waals surface area contributed by atoms with E-state index in [2.05, 4.69) is 10.6 Å². The van der Waals surface area contributed by atoms with Crippen LogP contribution in [0.4, 0.5) is 18.9 Å². The zero-order valence-electron chi connectivity index (χ0n) is 10.8. The van der Waals surface area contributed by atoms with Crippen LogP contribution in [0.5, 0.6) is 0 Å². The van der Waals surface area contributed by atoms with E-state index < -0.39 is 17.2 Å². The van der Waals surface area contributed by atoms with E-state index in [-0.39, 0.29) is 16.6 Å². The SMILES string of the molecule is CC1(C(=O)Nc2ccc(Cl)c(C(F)(F)F)c2)CCNC1. The van der Waals surface area contributed by atoms with Crippen molar-refractivity contribution < 1.29 is 18.0 Å². The second-order valence-corrected chi connectivity index (χ2v) is 5.54. The number of hydrogen-bond donors (Lipinski definition) is 2. The Morgan fingerprint density at radius 1 is 1.45 bits per heavy atom. The van der Waals surface area contributed by atoms with Crippen molar-refractivity contribution in [1.29, 1.82) is 0 Å². The minimum absolute atomic E-state index is 0.0971. The molecule has 1 atom stereocenters. The molecule has 1 heterocycles. The molecular weight excluding hydrogens is 293 g/mol. The molecule has 0 saturated carbocycles. The maximum absolute atomic E-state index is 12.7. The second kappa shape index (κ2) is 5.26. The summed E-state index contributed by atoms with van der Waals surface area (Å²) in [5, 5.41) is 5.20. The molecule has 0 bridgehead atoms. The third kappa shape index (κ3) is 3.07. The number of alkyl halides is 3. The van der Waals surface area contributed by atoms with Crippen LogP contribution >= 0.6 is 11.6 Å². The molecule has 1 aromatic carbocycles. The van der Waals surface area contributed by atoms with E-state index in [1.54, 1.807) is 6.92 Å². The molecule has 2 rings (SSSR count). The standard InChI is InChI=1S/C13H14ClF3N2O/c1-12(4-5-18-7-12)11(20)19-8-2-3-10(14)9(6-8)13(15,16)17/h2-3,6,18H,4-5,7H2,1H3,(H,19,20). The molecule has 2 N–H and O–H groups in total. The van der Waals surface area contributed by atoms with Crippen LogP contribution in [-0.2, 0) is 11.0 Å². The van der Waals surface area contributed by atoms with Gasteiger partial charge in [-0.1, -0.05) is 11.6 Å². The Labute approximate surface area is 119 Å². The highest BCUT2D eigenvalue weighted by Gasteiger charge is 2.37. The fourth-order valence-corrected chi connectivity index (χ4v) is 2.34. The van der Waals surface area contributed by atoms with Crippen LogP contribution in [0.2, 0.25) is 5.02 Å². The first-order valence-corrected chi connectivity index (χ1v) is 6.49. The molecule has 1 aliphatic rings. The first kappa shape index (κ1) is 15.1. The van der Waals surface area contributed by atoms with Crippen molar-refractivity contribution in [2.75, 3.05) is 18.4 Å². The van der Waals surface area contributed by atoms with Crippen LogP contribution in [-0.4, -0.2) is 19.0 Å². The summed E-state index contributed by atoms with van der Waals surface area (Å²) in [5.74, 6) is -0.294. The number of rotatable bonds is 2. The maximum Gasteiger partial charge on any atom is 0.417 e. The zero-order valence-corrected chi connectivity index (χ0v) is 11.5. The van der Waals surface area contributed by atoms with Crippen LogP contribution in [0.25, 0.3) is 0 Å². The molecule has 1 amide bonds. The quantitative estimate of drug-likeness (QED) is 0.880. The largest absolute Gasteiger partial charge is 0.417 e. The number of hydrogen-bond acceptors (Lipinski definition) is 2. The predicted octanol–water partition coefficient (Wildman–Crippen LogP) is 3.30. The number of anilines is 1. The lowest BCUT2D eigenvalue weighted by molar-refractivity contribution is -0.137. The third-order valence-electron chi connectivity index (χ3n) is 3.45. The smallest absolute Gasteiger partial charge is 0.326 e. The van der Waals surface area contributed by atoms with Crippen molar-refractivity contribution in [1.82, 2.24) is 5.32 Å². The van der Waals surface area contributed by atoms with Crippen LogP contribution in [0.1, 0.15) is 18.9 Å². The number of benzene rings is 1. The van der Waals surface area contributed by atoms with E-state index in [1.807, 2.05) is 0 Å². The van der Waals surface area contributed by atoms with Gasteiger partial charge in [-0.2, -0.15) is 13.2 Å². The molecule has 1 aromatic rings. The van der Waals surface area contributed by atoms with E-state index >= 15 is 0 Å². The molecule has 1 unspecified atom stereocenters. The molecule has 20 heavy (non-hydrogen) atoms. The lowest BCUT2D eigenvalue weighted by atomic mass is 9.88. The molecule has 3 nitrogen and oxygen atoms in total. The number of carbonyl (C=O) groups excluding carboxylic acids is 1. The lowest BCUT2D eigenvalue weighted by Crippen LogP contribution is -2.35. The van der Waals surface area contributed by atoms with Gasteiger partial charge in [0.25, 0.3) is 0 Å². The van der Waals surface area contributed by atoms with Crippen molar-refractivity contribution in [3.63, 3.8) is 0 Å². The van der Waals surface area contributed by atoms with Crippen LogP contribution in [0.15, 0.2) is 18.2 Å². The molecule has 7 heteroatoms. The molecule has 1 aliphatic heterocycles. The summed E-state index contributed by atoms with van der Waals surface area (Å²) in [4.78, 5) is 12.1. The fraction of sp³-hybridized carbons (Fsp3) is 0.462. The molecule has 110 valence electrons. The van der Waals surface area contributed by atoms with E-state index in [0.717, 1.165) is 18.7 Å². The summed E-state index contributed by atoms with van der Waals surface area (Å²) < 4.78 is 38.2. The summed E-state index contributed by atoms with van der Waals surface area (Å²) in [5.41, 5.74) is -1.45. The van der Waals surface area contributed by atoms with Crippen molar-refractivity contribution in [2.45, 2.75) is 19.5 Å². The average molecular weight is 307 g/mol. The van der Waals surface area contributed by atoms with E-state index in [9.17, 15) is 18.0 Å². The van der Waals surface area contributed by atoms with Gasteiger partial charge in [-0.05, 0) is 38.1 Å². The van der Waals surface area contributed by atoms with Gasteiger partial charge in [0.2, 0.25) is 5.91 Å². The second-order valence-electron chi connectivity index (χ2n) is 5.13. The van der Waals surface area contributed by atoms with Gasteiger partial charge in [0, 0.05) is 12.2 Å². The zero-order chi connectivity index (χ0) is 15.0. The van der Waals surface area contributed by atoms with E-state index in [4.69, 9.17) is 11.6 Å². The Balaban J connectivity index is 2.20. The molecule has 0 radical (unpaired) electrons. The highest BCUT2D eigenvalue weighted by atomic mass is 35.5. The van der Waals surface area contributed by atoms with Gasteiger partial charge < -0.3 is 10.6 Å². The monoisotopic (exact) mass is 306 g/mol. The van der Waals surface area contributed by atoms with E-state index in [1.165, 1.54) is 6.07 Å². The van der Waals surface area contributed by atoms with Crippen molar-refractivity contribution in [3.05, 3.63) is 28.8 Å². The third-order valence-corrected chi connectivity index (χ3v) is 3.78. The Bertz CT molecular complexity index is 525. The van der Waals surface area contributed by atoms with Gasteiger partial charge in [0.05, 0.1) is 16.0 Å². The lowest BCUT2D eigenvalue weighted by Gasteiger charge is -2.22. The number of amides is 1. The minimum Gasteiger partial charge on any atom is -0.326 e. The Hall–Kier alpha value is -1.27. The Morgan fingerprint density at radius 3 is 2.70 bits per heavy atom. The van der Waals surface area contributed by atoms with Gasteiger partial charge in [0.1, 0.15) is 0 Å². The van der Waals surface area contributed by atoms with Crippen molar-refractivity contribution in [2.24, 2.45) is 5.41 Å². The summed E-state index contributed by atoms with van der Waals surface area (Å²) in [7, 11) is 0. The van der Waals surface area contributed by atoms with Crippen LogP contribution < -0.4 is 10.6 Å². The number of carbonyl (C=O) groups is 1. The topological polar surface area (TPSA) is 41.1 Å². The molecule has 1 fully saturated rings. The fourth-order valence-electron chi connectivity index (χ4n) is 2.11. The van der Waals surface area contributed by atoms with Crippen LogP contribution in [0.3, 0.4) is 0 Å². The van der Waals surface area contributed by atoms with Gasteiger partial charge in [-0.25, -0.2) is 0 Å². The first-order valence-electron chi connectivity index (χ1n) is 6.11. The average Bonchev–Trinajstić information content (AvgIpc) is 2.78. The van der Waals surface area contributed by atoms with Gasteiger partial charge in [0.15, 0.2) is 0 Å². The Morgan fingerprint density at radius 2 is 2.15 bits per heavy atom. The molecule has 0 aromatic heterocycles. The van der Waals surface area contributed by atoms with Gasteiger partial charge >= 0.3 is 6.18 Å². The number of halogens is 4. The highest BCUT2D eigenvalue weighted by Crippen LogP contribution is 2.36. The Kier molecular flexibility index (Phi) is 3.97. The molecular formula is C13H14ClF3N2O. The van der Waals surface area contributed by atoms with Crippen molar-refractivity contribution in [3.8, 4) is 0 Å². The predicted molar refractivity (Wildman–Crippen MR) is 70.7 cm³/mol. The molecule has 1 saturated heterocycles.